The SMILES string of the molecule is Nc1cnccc1OCc1cccc(Cl)c1. The van der Waals surface area contributed by atoms with Gasteiger partial charge in [-0.05, 0) is 17.7 Å². The zero-order valence-electron chi connectivity index (χ0n) is 8.56. The molecule has 0 amide bonds. The molecule has 2 N–H and O–H groups in total. The molecule has 0 aliphatic rings. The molecular weight excluding hydrogens is 224 g/mol. The van der Waals surface area contributed by atoms with Crippen molar-refractivity contribution in [3.63, 3.8) is 0 Å². The van der Waals surface area contributed by atoms with E-state index in [1.54, 1.807) is 18.5 Å². The number of halogens is 1. The van der Waals surface area contributed by atoms with Crippen LogP contribution in [-0.4, -0.2) is 4.98 Å². The molecular formula is C12H11ClN2O. The maximum absolute atomic E-state index is 5.87. The van der Waals surface area contributed by atoms with Gasteiger partial charge in [0.25, 0.3) is 0 Å². The fraction of sp³-hybridized carbons (Fsp3) is 0.0833. The van der Waals surface area contributed by atoms with Crippen LogP contribution in [0.3, 0.4) is 0 Å². The molecule has 0 bridgehead atoms. The number of nitrogen functional groups attached to an aromatic ring is 1. The number of aromatic nitrogens is 1. The van der Waals surface area contributed by atoms with Crippen molar-refractivity contribution >= 4 is 17.3 Å². The van der Waals surface area contributed by atoms with Crippen LogP contribution in [0, 0.1) is 0 Å². The Labute approximate surface area is 98.8 Å². The third-order valence-corrected chi connectivity index (χ3v) is 2.33. The number of hydrogen-bond donors (Lipinski definition) is 1. The average molecular weight is 235 g/mol. The first-order valence-electron chi connectivity index (χ1n) is 4.82. The quantitative estimate of drug-likeness (QED) is 0.888. The summed E-state index contributed by atoms with van der Waals surface area (Å²) in [7, 11) is 0. The van der Waals surface area contributed by atoms with Crippen molar-refractivity contribution in [1.82, 2.24) is 4.98 Å². The first-order valence-corrected chi connectivity index (χ1v) is 5.20. The van der Waals surface area contributed by atoms with E-state index in [0.29, 0.717) is 23.1 Å². The second-order valence-corrected chi connectivity index (χ2v) is 3.77. The van der Waals surface area contributed by atoms with Crippen molar-refractivity contribution in [1.29, 1.82) is 0 Å². The number of rotatable bonds is 3. The summed E-state index contributed by atoms with van der Waals surface area (Å²) in [5, 5.41) is 0.698. The minimum Gasteiger partial charge on any atom is -0.487 e. The van der Waals surface area contributed by atoms with Crippen molar-refractivity contribution in [2.24, 2.45) is 0 Å². The summed E-state index contributed by atoms with van der Waals surface area (Å²) in [4.78, 5) is 3.89. The zero-order chi connectivity index (χ0) is 11.4. The van der Waals surface area contributed by atoms with Gasteiger partial charge in [-0.2, -0.15) is 0 Å². The van der Waals surface area contributed by atoms with Crippen molar-refractivity contribution in [2.75, 3.05) is 5.73 Å². The molecule has 1 heterocycles. The third kappa shape index (κ3) is 2.64. The van der Waals surface area contributed by atoms with Gasteiger partial charge >= 0.3 is 0 Å². The van der Waals surface area contributed by atoms with Gasteiger partial charge in [-0.15, -0.1) is 0 Å². The highest BCUT2D eigenvalue weighted by molar-refractivity contribution is 6.30. The van der Waals surface area contributed by atoms with Gasteiger partial charge in [-0.3, -0.25) is 4.98 Å². The number of hydrogen-bond acceptors (Lipinski definition) is 3. The van der Waals surface area contributed by atoms with E-state index in [1.165, 1.54) is 0 Å². The van der Waals surface area contributed by atoms with Crippen LogP contribution in [0.4, 0.5) is 5.69 Å². The Morgan fingerprint density at radius 1 is 1.31 bits per heavy atom. The molecule has 0 saturated carbocycles. The van der Waals surface area contributed by atoms with Crippen molar-refractivity contribution in [2.45, 2.75) is 6.61 Å². The second kappa shape index (κ2) is 4.86. The average Bonchev–Trinajstić information content (AvgIpc) is 2.28. The van der Waals surface area contributed by atoms with Crippen LogP contribution >= 0.6 is 11.6 Å². The van der Waals surface area contributed by atoms with Gasteiger partial charge < -0.3 is 10.5 Å². The topological polar surface area (TPSA) is 48.1 Å². The number of pyridine rings is 1. The summed E-state index contributed by atoms with van der Waals surface area (Å²) in [5.41, 5.74) is 7.24. The summed E-state index contributed by atoms with van der Waals surface area (Å²) in [6.45, 7) is 0.439. The molecule has 16 heavy (non-hydrogen) atoms. The summed E-state index contributed by atoms with van der Waals surface area (Å²) in [5.74, 6) is 0.634. The second-order valence-electron chi connectivity index (χ2n) is 3.33. The fourth-order valence-corrected chi connectivity index (χ4v) is 1.53. The maximum Gasteiger partial charge on any atom is 0.145 e. The molecule has 0 aliphatic carbocycles. The Bertz CT molecular complexity index is 488. The van der Waals surface area contributed by atoms with Gasteiger partial charge in [0.05, 0.1) is 11.9 Å². The van der Waals surface area contributed by atoms with Crippen LogP contribution < -0.4 is 10.5 Å². The van der Waals surface area contributed by atoms with E-state index in [1.807, 2.05) is 24.3 Å². The van der Waals surface area contributed by atoms with Crippen molar-refractivity contribution in [3.05, 3.63) is 53.3 Å². The van der Waals surface area contributed by atoms with Crippen LogP contribution in [0.2, 0.25) is 5.02 Å². The van der Waals surface area contributed by atoms with Gasteiger partial charge in [-0.25, -0.2) is 0 Å². The number of nitrogens with zero attached hydrogens (tertiary/aromatic N) is 1. The molecule has 2 aromatic rings. The van der Waals surface area contributed by atoms with Crippen LogP contribution in [-0.2, 0) is 6.61 Å². The molecule has 0 aliphatic heterocycles. The predicted molar refractivity (Wildman–Crippen MR) is 64.4 cm³/mol. The molecule has 1 aromatic carbocycles. The van der Waals surface area contributed by atoms with Gasteiger partial charge in [0.15, 0.2) is 0 Å². The predicted octanol–water partition coefficient (Wildman–Crippen LogP) is 2.90. The molecule has 0 fully saturated rings. The van der Waals surface area contributed by atoms with Crippen LogP contribution in [0.25, 0.3) is 0 Å². The van der Waals surface area contributed by atoms with Gasteiger partial charge in [0.1, 0.15) is 12.4 Å². The molecule has 4 heteroatoms. The van der Waals surface area contributed by atoms with Crippen LogP contribution in [0.1, 0.15) is 5.56 Å². The number of nitrogens with two attached hydrogens (primary N) is 1. The molecule has 0 unspecified atom stereocenters. The van der Waals surface area contributed by atoms with E-state index >= 15 is 0 Å². The molecule has 0 atom stereocenters. The summed E-state index contributed by atoms with van der Waals surface area (Å²) < 4.78 is 5.55. The molecule has 3 nitrogen and oxygen atoms in total. The summed E-state index contributed by atoms with van der Waals surface area (Å²) in [6, 6.07) is 9.25. The minimum absolute atomic E-state index is 0.439. The Balaban J connectivity index is 2.05. The zero-order valence-corrected chi connectivity index (χ0v) is 9.32. The monoisotopic (exact) mass is 234 g/mol. The Morgan fingerprint density at radius 3 is 2.94 bits per heavy atom. The van der Waals surface area contributed by atoms with E-state index in [9.17, 15) is 0 Å². The first kappa shape index (κ1) is 10.8. The Morgan fingerprint density at radius 2 is 2.19 bits per heavy atom. The number of anilines is 1. The highest BCUT2D eigenvalue weighted by Crippen LogP contribution is 2.20. The van der Waals surface area contributed by atoms with Crippen LogP contribution in [0.15, 0.2) is 42.7 Å². The minimum atomic E-state index is 0.439. The largest absolute Gasteiger partial charge is 0.487 e. The molecule has 2 rings (SSSR count). The van der Waals surface area contributed by atoms with Gasteiger partial charge in [-0.1, -0.05) is 23.7 Å². The molecule has 82 valence electrons. The maximum atomic E-state index is 5.87. The van der Waals surface area contributed by atoms with Crippen molar-refractivity contribution < 1.29 is 4.74 Å². The standard InChI is InChI=1S/C12H11ClN2O/c13-10-3-1-2-9(6-10)8-16-12-4-5-15-7-11(12)14/h1-7H,8,14H2. The first-order chi connectivity index (χ1) is 7.75. The third-order valence-electron chi connectivity index (χ3n) is 2.09. The normalized spacial score (nSPS) is 10.1. The van der Waals surface area contributed by atoms with Crippen LogP contribution in [0.5, 0.6) is 5.75 Å². The summed E-state index contributed by atoms with van der Waals surface area (Å²) in [6.07, 6.45) is 3.21. The Hall–Kier alpha value is -1.74. The number of ether oxygens (including phenoxy) is 1. The highest BCUT2D eigenvalue weighted by atomic mass is 35.5. The van der Waals surface area contributed by atoms with E-state index < -0.39 is 0 Å². The lowest BCUT2D eigenvalue weighted by Crippen LogP contribution is -1.98. The molecule has 0 radical (unpaired) electrons. The van der Waals surface area contributed by atoms with Gasteiger partial charge in [0.2, 0.25) is 0 Å². The van der Waals surface area contributed by atoms with Gasteiger partial charge in [0, 0.05) is 17.3 Å². The number of benzene rings is 1. The summed E-state index contributed by atoms with van der Waals surface area (Å²) >= 11 is 5.87. The lowest BCUT2D eigenvalue weighted by molar-refractivity contribution is 0.307. The van der Waals surface area contributed by atoms with E-state index in [2.05, 4.69) is 4.98 Å². The van der Waals surface area contributed by atoms with E-state index in [-0.39, 0.29) is 0 Å². The van der Waals surface area contributed by atoms with E-state index in [0.717, 1.165) is 5.56 Å². The molecule has 1 aromatic heterocycles. The lowest BCUT2D eigenvalue weighted by Gasteiger charge is -2.08. The Kier molecular flexibility index (Phi) is 3.27. The van der Waals surface area contributed by atoms with Crippen molar-refractivity contribution in [3.8, 4) is 5.75 Å². The lowest BCUT2D eigenvalue weighted by atomic mass is 10.2. The highest BCUT2D eigenvalue weighted by Gasteiger charge is 2.00. The molecule has 0 spiro atoms. The molecule has 0 saturated heterocycles. The fourth-order valence-electron chi connectivity index (χ4n) is 1.31. The van der Waals surface area contributed by atoms with E-state index in [4.69, 9.17) is 22.1 Å². The smallest absolute Gasteiger partial charge is 0.145 e.